The number of piperazine rings is 1. The van der Waals surface area contributed by atoms with Crippen LogP contribution in [0.25, 0.3) is 11.1 Å². The maximum Gasteiger partial charge on any atom is 0.253 e. The number of carbonyl (C=O) groups is 2. The highest BCUT2D eigenvalue weighted by atomic mass is 16.3. The molecule has 4 rings (SSSR count). The van der Waals surface area contributed by atoms with Crippen molar-refractivity contribution < 1.29 is 14.7 Å². The zero-order valence-electron chi connectivity index (χ0n) is 18.5. The molecule has 0 atom stereocenters. The van der Waals surface area contributed by atoms with Gasteiger partial charge in [-0.3, -0.25) is 9.59 Å². The summed E-state index contributed by atoms with van der Waals surface area (Å²) in [7, 11) is 0. The second-order valence-corrected chi connectivity index (χ2v) is 8.70. The van der Waals surface area contributed by atoms with Crippen LogP contribution in [0, 0.1) is 0 Å². The molecule has 1 saturated heterocycles. The molecule has 1 aliphatic heterocycles. The summed E-state index contributed by atoms with van der Waals surface area (Å²) in [6, 6.07) is 24.3. The Bertz CT molecular complexity index is 1080. The van der Waals surface area contributed by atoms with Gasteiger partial charge in [-0.1, -0.05) is 54.6 Å². The summed E-state index contributed by atoms with van der Waals surface area (Å²) in [5, 5.41) is 9.45. The van der Waals surface area contributed by atoms with Crippen LogP contribution in [0.2, 0.25) is 0 Å². The average Bonchev–Trinajstić information content (AvgIpc) is 2.84. The molecular formula is C27H28N2O3. The number of hydrogen-bond acceptors (Lipinski definition) is 3. The van der Waals surface area contributed by atoms with Crippen molar-refractivity contribution in [1.82, 2.24) is 9.80 Å². The lowest BCUT2D eigenvalue weighted by Crippen LogP contribution is -2.54. The quantitative estimate of drug-likeness (QED) is 0.673. The minimum absolute atomic E-state index is 0.0170. The Morgan fingerprint density at radius 3 is 1.78 bits per heavy atom. The Morgan fingerprint density at radius 1 is 0.719 bits per heavy atom. The Hall–Kier alpha value is -3.60. The zero-order chi connectivity index (χ0) is 22.7. The molecule has 5 nitrogen and oxygen atoms in total. The molecule has 0 unspecified atom stereocenters. The SMILES string of the molecule is CC(C)(C(=O)N1CCN(C(=O)c2ccc(-c3ccc(O)cc3)cc2)CC1)c1ccccc1. The number of nitrogens with zero attached hydrogens (tertiary/aromatic N) is 2. The van der Waals surface area contributed by atoms with E-state index in [9.17, 15) is 14.7 Å². The molecule has 5 heteroatoms. The molecule has 32 heavy (non-hydrogen) atoms. The number of carbonyl (C=O) groups excluding carboxylic acids is 2. The van der Waals surface area contributed by atoms with Crippen LogP contribution < -0.4 is 0 Å². The summed E-state index contributed by atoms with van der Waals surface area (Å²) in [5.74, 6) is 0.302. The molecular weight excluding hydrogens is 400 g/mol. The maximum atomic E-state index is 13.2. The van der Waals surface area contributed by atoms with Gasteiger partial charge in [0.2, 0.25) is 5.91 Å². The standard InChI is InChI=1S/C27H28N2O3/c1-27(2,23-6-4-3-5-7-23)26(32)29-18-16-28(17-19-29)25(31)22-10-8-20(9-11-22)21-12-14-24(30)15-13-21/h3-15,30H,16-19H2,1-2H3. The highest BCUT2D eigenvalue weighted by Crippen LogP contribution is 2.27. The minimum atomic E-state index is -0.600. The lowest BCUT2D eigenvalue weighted by molar-refractivity contribution is -0.137. The zero-order valence-corrected chi connectivity index (χ0v) is 18.5. The van der Waals surface area contributed by atoms with Crippen LogP contribution in [0.15, 0.2) is 78.9 Å². The van der Waals surface area contributed by atoms with Crippen molar-refractivity contribution in [2.45, 2.75) is 19.3 Å². The summed E-state index contributed by atoms with van der Waals surface area (Å²) in [4.78, 5) is 29.8. The van der Waals surface area contributed by atoms with Crippen molar-refractivity contribution in [3.8, 4) is 16.9 Å². The van der Waals surface area contributed by atoms with Crippen LogP contribution in [0.5, 0.6) is 5.75 Å². The van der Waals surface area contributed by atoms with Gasteiger partial charge in [0.1, 0.15) is 5.75 Å². The predicted octanol–water partition coefficient (Wildman–Crippen LogP) is 4.32. The van der Waals surface area contributed by atoms with Crippen molar-refractivity contribution in [2.24, 2.45) is 0 Å². The molecule has 0 bridgehead atoms. The third-order valence-electron chi connectivity index (χ3n) is 6.22. The number of hydrogen-bond donors (Lipinski definition) is 1. The van der Waals surface area contributed by atoms with Gasteiger partial charge in [0.15, 0.2) is 0 Å². The number of amides is 2. The average molecular weight is 429 g/mol. The van der Waals surface area contributed by atoms with E-state index in [-0.39, 0.29) is 17.6 Å². The van der Waals surface area contributed by atoms with Gasteiger partial charge in [-0.25, -0.2) is 0 Å². The normalized spacial score (nSPS) is 14.3. The van der Waals surface area contributed by atoms with Gasteiger partial charge in [0.25, 0.3) is 5.91 Å². The monoisotopic (exact) mass is 428 g/mol. The first-order valence-electron chi connectivity index (χ1n) is 10.9. The van der Waals surface area contributed by atoms with Crippen LogP contribution in [0.3, 0.4) is 0 Å². The first-order chi connectivity index (χ1) is 15.4. The molecule has 1 aliphatic rings. The Labute approximate surface area is 188 Å². The Morgan fingerprint density at radius 2 is 1.22 bits per heavy atom. The first-order valence-corrected chi connectivity index (χ1v) is 10.9. The Kier molecular flexibility index (Phi) is 5.99. The number of aromatic hydroxyl groups is 1. The third-order valence-corrected chi connectivity index (χ3v) is 6.22. The largest absolute Gasteiger partial charge is 0.508 e. The second kappa shape index (κ2) is 8.87. The van der Waals surface area contributed by atoms with E-state index in [1.54, 1.807) is 12.1 Å². The fourth-order valence-electron chi connectivity index (χ4n) is 4.13. The van der Waals surface area contributed by atoms with Crippen molar-refractivity contribution in [2.75, 3.05) is 26.2 Å². The fraction of sp³-hybridized carbons (Fsp3) is 0.259. The molecule has 1 heterocycles. The topological polar surface area (TPSA) is 60.9 Å². The summed E-state index contributed by atoms with van der Waals surface area (Å²) in [5.41, 5.74) is 3.00. The van der Waals surface area contributed by atoms with E-state index in [0.29, 0.717) is 31.7 Å². The van der Waals surface area contributed by atoms with E-state index in [2.05, 4.69) is 0 Å². The highest BCUT2D eigenvalue weighted by molar-refractivity contribution is 5.95. The molecule has 3 aromatic carbocycles. The Balaban J connectivity index is 1.38. The van der Waals surface area contributed by atoms with Gasteiger partial charge >= 0.3 is 0 Å². The van der Waals surface area contributed by atoms with E-state index in [4.69, 9.17) is 0 Å². The van der Waals surface area contributed by atoms with E-state index in [0.717, 1.165) is 16.7 Å². The summed E-state index contributed by atoms with van der Waals surface area (Å²) in [6.45, 7) is 6.03. The fourth-order valence-corrected chi connectivity index (χ4v) is 4.13. The predicted molar refractivity (Wildman–Crippen MR) is 125 cm³/mol. The van der Waals surface area contributed by atoms with Crippen LogP contribution in [-0.4, -0.2) is 52.9 Å². The van der Waals surface area contributed by atoms with Gasteiger partial charge in [-0.2, -0.15) is 0 Å². The molecule has 0 aromatic heterocycles. The smallest absolute Gasteiger partial charge is 0.253 e. The van der Waals surface area contributed by atoms with E-state index < -0.39 is 5.41 Å². The van der Waals surface area contributed by atoms with Crippen LogP contribution in [0.1, 0.15) is 29.8 Å². The van der Waals surface area contributed by atoms with Gasteiger partial charge in [0.05, 0.1) is 5.41 Å². The highest BCUT2D eigenvalue weighted by Gasteiger charge is 2.35. The molecule has 1 N–H and O–H groups in total. The molecule has 0 saturated carbocycles. The van der Waals surface area contributed by atoms with E-state index >= 15 is 0 Å². The van der Waals surface area contributed by atoms with Crippen LogP contribution in [-0.2, 0) is 10.2 Å². The van der Waals surface area contributed by atoms with Crippen LogP contribution >= 0.6 is 0 Å². The molecule has 1 fully saturated rings. The van der Waals surface area contributed by atoms with Crippen molar-refractivity contribution >= 4 is 11.8 Å². The van der Waals surface area contributed by atoms with Crippen molar-refractivity contribution in [3.63, 3.8) is 0 Å². The summed E-state index contributed by atoms with van der Waals surface area (Å²) >= 11 is 0. The van der Waals surface area contributed by atoms with E-state index in [1.165, 1.54) is 0 Å². The summed E-state index contributed by atoms with van der Waals surface area (Å²) in [6.07, 6.45) is 0. The second-order valence-electron chi connectivity index (χ2n) is 8.70. The minimum Gasteiger partial charge on any atom is -0.508 e. The number of phenols is 1. The van der Waals surface area contributed by atoms with Gasteiger partial charge in [0, 0.05) is 31.7 Å². The molecule has 0 radical (unpaired) electrons. The third kappa shape index (κ3) is 4.37. The van der Waals surface area contributed by atoms with Crippen molar-refractivity contribution in [3.05, 3.63) is 90.0 Å². The number of benzene rings is 3. The molecule has 3 aromatic rings. The number of rotatable bonds is 4. The van der Waals surface area contributed by atoms with Crippen molar-refractivity contribution in [1.29, 1.82) is 0 Å². The van der Waals surface area contributed by atoms with E-state index in [1.807, 2.05) is 90.4 Å². The first kappa shape index (κ1) is 21.6. The number of phenolic OH excluding ortho intramolecular Hbond substituents is 1. The molecule has 164 valence electrons. The lowest BCUT2D eigenvalue weighted by atomic mass is 9.83. The summed E-state index contributed by atoms with van der Waals surface area (Å²) < 4.78 is 0. The molecule has 2 amide bonds. The van der Waals surface area contributed by atoms with Crippen LogP contribution in [0.4, 0.5) is 0 Å². The van der Waals surface area contributed by atoms with Gasteiger partial charge in [-0.05, 0) is 54.8 Å². The molecule has 0 aliphatic carbocycles. The lowest BCUT2D eigenvalue weighted by Gasteiger charge is -2.38. The molecule has 0 spiro atoms. The van der Waals surface area contributed by atoms with Gasteiger partial charge < -0.3 is 14.9 Å². The van der Waals surface area contributed by atoms with Gasteiger partial charge in [-0.15, -0.1) is 0 Å². The maximum absolute atomic E-state index is 13.2.